The molecule has 6 nitrogen and oxygen atoms in total. The summed E-state index contributed by atoms with van der Waals surface area (Å²) in [5.41, 5.74) is 5.70. The van der Waals surface area contributed by atoms with E-state index < -0.39 is 0 Å². The van der Waals surface area contributed by atoms with E-state index in [1.54, 1.807) is 6.26 Å². The number of furan rings is 1. The van der Waals surface area contributed by atoms with Crippen molar-refractivity contribution >= 4 is 22.7 Å². The van der Waals surface area contributed by atoms with Crippen molar-refractivity contribution in [2.24, 2.45) is 5.92 Å². The van der Waals surface area contributed by atoms with E-state index in [1.165, 1.54) is 16.8 Å². The summed E-state index contributed by atoms with van der Waals surface area (Å²) < 4.78 is 7.46. The Morgan fingerprint density at radius 2 is 1.82 bits per heavy atom. The lowest BCUT2D eigenvalue weighted by atomic mass is 9.85. The van der Waals surface area contributed by atoms with Crippen LogP contribution in [0.1, 0.15) is 34.6 Å². The van der Waals surface area contributed by atoms with E-state index in [0.29, 0.717) is 19.5 Å². The minimum absolute atomic E-state index is 0.00915. The third kappa shape index (κ3) is 4.49. The lowest BCUT2D eigenvalue weighted by molar-refractivity contribution is -0.125. The molecule has 0 bridgehead atoms. The van der Waals surface area contributed by atoms with Crippen LogP contribution in [0.5, 0.6) is 0 Å². The highest BCUT2D eigenvalue weighted by molar-refractivity contribution is 5.89. The molecule has 1 unspecified atom stereocenters. The Kier molecular flexibility index (Phi) is 6.21. The van der Waals surface area contributed by atoms with Gasteiger partial charge in [-0.3, -0.25) is 9.59 Å². The topological polar surface area (TPSA) is 76.3 Å². The van der Waals surface area contributed by atoms with Gasteiger partial charge in [-0.2, -0.15) is 0 Å². The molecule has 0 saturated carbocycles. The zero-order chi connectivity index (χ0) is 23.5. The smallest absolute Gasteiger partial charge is 0.240 e. The van der Waals surface area contributed by atoms with E-state index in [2.05, 4.69) is 40.3 Å². The Labute approximate surface area is 199 Å². The molecular weight excluding hydrogens is 426 g/mol. The summed E-state index contributed by atoms with van der Waals surface area (Å²) in [5.74, 6) is 0.703. The maximum absolute atomic E-state index is 12.9. The summed E-state index contributed by atoms with van der Waals surface area (Å²) in [6, 6.07) is 20.0. The first-order chi connectivity index (χ1) is 16.6. The molecule has 1 aliphatic carbocycles. The number of amides is 2. The van der Waals surface area contributed by atoms with Crippen LogP contribution in [0, 0.1) is 12.8 Å². The van der Waals surface area contributed by atoms with Gasteiger partial charge in [0.05, 0.1) is 12.8 Å². The van der Waals surface area contributed by atoms with Gasteiger partial charge in [0.15, 0.2) is 0 Å². The molecule has 1 aliphatic rings. The molecule has 4 aromatic rings. The van der Waals surface area contributed by atoms with Gasteiger partial charge in [0.1, 0.15) is 12.3 Å². The predicted molar refractivity (Wildman–Crippen MR) is 131 cm³/mol. The van der Waals surface area contributed by atoms with Crippen molar-refractivity contribution in [2.75, 3.05) is 0 Å². The van der Waals surface area contributed by atoms with Crippen LogP contribution in [0.4, 0.5) is 0 Å². The highest BCUT2D eigenvalue weighted by Gasteiger charge is 2.29. The molecular formula is C28H29N3O3. The van der Waals surface area contributed by atoms with Gasteiger partial charge in [0.2, 0.25) is 11.8 Å². The average molecular weight is 456 g/mol. The molecule has 2 N–H and O–H groups in total. The van der Waals surface area contributed by atoms with Crippen LogP contribution in [0.25, 0.3) is 10.9 Å². The number of para-hydroxylation sites is 1. The minimum atomic E-state index is -0.0865. The third-order valence-electron chi connectivity index (χ3n) is 6.80. The standard InChI is InChI=1S/C28H29N3O3/c1-19-7-2-3-8-21(19)16-29-27(32)18-31-25-11-5-4-10-23(25)24-15-20(12-13-26(24)31)28(33)30-17-22-9-6-14-34-22/h2-11,14,20H,12-13,15-18H2,1H3,(H,29,32)(H,30,33). The number of aryl methyl sites for hydroxylation is 1. The van der Waals surface area contributed by atoms with Crippen LogP contribution in [0.3, 0.4) is 0 Å². The number of nitrogens with one attached hydrogen (secondary N) is 2. The van der Waals surface area contributed by atoms with Crippen LogP contribution in [0.2, 0.25) is 0 Å². The summed E-state index contributed by atoms with van der Waals surface area (Å²) in [6.07, 6.45) is 3.82. The largest absolute Gasteiger partial charge is 0.467 e. The van der Waals surface area contributed by atoms with Gasteiger partial charge < -0.3 is 19.6 Å². The van der Waals surface area contributed by atoms with Crippen molar-refractivity contribution in [3.63, 3.8) is 0 Å². The Morgan fingerprint density at radius 1 is 1.00 bits per heavy atom. The van der Waals surface area contributed by atoms with Crippen molar-refractivity contribution < 1.29 is 14.0 Å². The Balaban J connectivity index is 1.31. The summed E-state index contributed by atoms with van der Waals surface area (Å²) in [4.78, 5) is 25.7. The average Bonchev–Trinajstić information content (AvgIpc) is 3.49. The van der Waals surface area contributed by atoms with Crippen LogP contribution in [-0.2, 0) is 42.1 Å². The molecule has 2 heterocycles. The van der Waals surface area contributed by atoms with Gasteiger partial charge in [-0.25, -0.2) is 0 Å². The first-order valence-corrected chi connectivity index (χ1v) is 11.8. The van der Waals surface area contributed by atoms with Crippen LogP contribution < -0.4 is 10.6 Å². The molecule has 2 amide bonds. The molecule has 34 heavy (non-hydrogen) atoms. The molecule has 0 aliphatic heterocycles. The molecule has 0 saturated heterocycles. The lowest BCUT2D eigenvalue weighted by Crippen LogP contribution is -2.34. The second-order valence-electron chi connectivity index (χ2n) is 8.97. The normalized spacial score (nSPS) is 15.1. The molecule has 1 atom stereocenters. The Bertz CT molecular complexity index is 1320. The number of hydrogen-bond donors (Lipinski definition) is 2. The summed E-state index contributed by atoms with van der Waals surface area (Å²) in [7, 11) is 0. The maximum Gasteiger partial charge on any atom is 0.240 e. The third-order valence-corrected chi connectivity index (χ3v) is 6.80. The number of hydrogen-bond acceptors (Lipinski definition) is 3. The molecule has 2 aromatic carbocycles. The molecule has 6 heteroatoms. The van der Waals surface area contributed by atoms with E-state index in [-0.39, 0.29) is 24.3 Å². The molecule has 174 valence electrons. The SMILES string of the molecule is Cc1ccccc1CNC(=O)Cn1c2c(c3ccccc31)CC(C(=O)NCc1ccco1)CC2. The number of aromatic nitrogens is 1. The van der Waals surface area contributed by atoms with Gasteiger partial charge in [-0.05, 0) is 61.1 Å². The fourth-order valence-corrected chi connectivity index (χ4v) is 4.94. The fourth-order valence-electron chi connectivity index (χ4n) is 4.94. The molecule has 0 radical (unpaired) electrons. The predicted octanol–water partition coefficient (Wildman–Crippen LogP) is 4.28. The van der Waals surface area contributed by atoms with Crippen molar-refractivity contribution in [3.8, 4) is 0 Å². The first kappa shape index (κ1) is 22.0. The van der Waals surface area contributed by atoms with Crippen molar-refractivity contribution in [2.45, 2.75) is 45.8 Å². The zero-order valence-corrected chi connectivity index (χ0v) is 19.3. The van der Waals surface area contributed by atoms with Gasteiger partial charge >= 0.3 is 0 Å². The number of fused-ring (bicyclic) bond motifs is 3. The Hall–Kier alpha value is -3.80. The van der Waals surface area contributed by atoms with E-state index in [0.717, 1.165) is 35.1 Å². The first-order valence-electron chi connectivity index (χ1n) is 11.8. The van der Waals surface area contributed by atoms with Gasteiger partial charge in [0.25, 0.3) is 0 Å². The van der Waals surface area contributed by atoms with E-state index >= 15 is 0 Å². The molecule has 2 aromatic heterocycles. The van der Waals surface area contributed by atoms with Gasteiger partial charge in [0, 0.05) is 29.1 Å². The van der Waals surface area contributed by atoms with E-state index in [1.807, 2.05) is 42.5 Å². The fraction of sp³-hybridized carbons (Fsp3) is 0.286. The number of carbonyl (C=O) groups is 2. The second kappa shape index (κ2) is 9.59. The van der Waals surface area contributed by atoms with Crippen molar-refractivity contribution in [1.29, 1.82) is 0 Å². The van der Waals surface area contributed by atoms with Crippen molar-refractivity contribution in [1.82, 2.24) is 15.2 Å². The number of carbonyl (C=O) groups excluding carboxylic acids is 2. The van der Waals surface area contributed by atoms with E-state index in [4.69, 9.17) is 4.42 Å². The summed E-state index contributed by atoms with van der Waals surface area (Å²) >= 11 is 0. The van der Waals surface area contributed by atoms with Gasteiger partial charge in [-0.1, -0.05) is 42.5 Å². The summed E-state index contributed by atoms with van der Waals surface area (Å²) in [6.45, 7) is 3.25. The van der Waals surface area contributed by atoms with Crippen LogP contribution in [-0.4, -0.2) is 16.4 Å². The number of benzene rings is 2. The molecule has 5 rings (SSSR count). The number of nitrogens with zero attached hydrogens (tertiary/aromatic N) is 1. The zero-order valence-electron chi connectivity index (χ0n) is 19.3. The van der Waals surface area contributed by atoms with Crippen LogP contribution >= 0.6 is 0 Å². The van der Waals surface area contributed by atoms with E-state index in [9.17, 15) is 9.59 Å². The quantitative estimate of drug-likeness (QED) is 0.437. The monoisotopic (exact) mass is 455 g/mol. The Morgan fingerprint density at radius 3 is 2.65 bits per heavy atom. The lowest BCUT2D eigenvalue weighted by Gasteiger charge is -2.23. The minimum Gasteiger partial charge on any atom is -0.467 e. The highest BCUT2D eigenvalue weighted by Crippen LogP contribution is 2.34. The number of rotatable bonds is 7. The van der Waals surface area contributed by atoms with Gasteiger partial charge in [-0.15, -0.1) is 0 Å². The van der Waals surface area contributed by atoms with Crippen LogP contribution in [0.15, 0.2) is 71.3 Å². The second-order valence-corrected chi connectivity index (χ2v) is 8.97. The highest BCUT2D eigenvalue weighted by atomic mass is 16.3. The summed E-state index contributed by atoms with van der Waals surface area (Å²) in [5, 5.41) is 7.21. The van der Waals surface area contributed by atoms with Crippen molar-refractivity contribution in [3.05, 3.63) is 95.1 Å². The molecule has 0 fully saturated rings. The molecule has 0 spiro atoms. The maximum atomic E-state index is 12.9.